The number of nitrogens with zero attached hydrogens (tertiary/aromatic N) is 6. The Bertz CT molecular complexity index is 2020. The normalized spacial score (nSPS) is 19.9. The van der Waals surface area contributed by atoms with E-state index in [1.54, 1.807) is 6.20 Å². The van der Waals surface area contributed by atoms with Crippen molar-refractivity contribution in [2.75, 3.05) is 74.8 Å². The molecular weight excluding hydrogens is 729 g/mol. The standard InChI is InChI=1S/C40H49F2N7O5S/c1-40(2,3)54-37(50)26-45-13-10-27(11-14-45)24-46-16-18-47(19-17-46)31-6-4-28(5-7-31)29-20-33-35(23-44-39(33)43-22-29)38(51)34-21-32(8-9-36(34)42)49(55(52)53)48-15-12-30(41)25-48/h4-9,20-23,27,30H,10-19,24-26H2,1-3H3,(H,43,44)(H,52,53)/p-1/t30-/m1/s1. The van der Waals surface area contributed by atoms with Gasteiger partial charge in [0.2, 0.25) is 0 Å². The van der Waals surface area contributed by atoms with Crippen molar-refractivity contribution in [3.05, 3.63) is 77.9 Å². The summed E-state index contributed by atoms with van der Waals surface area (Å²) in [6.45, 7) is 12.8. The number of aromatic nitrogens is 2. The van der Waals surface area contributed by atoms with Crippen LogP contribution in [0.5, 0.6) is 0 Å². The van der Waals surface area contributed by atoms with Crippen LogP contribution in [-0.2, 0) is 20.8 Å². The number of hydrazine groups is 1. The van der Waals surface area contributed by atoms with E-state index in [1.165, 1.54) is 23.3 Å². The molecule has 15 heteroatoms. The number of hydrogen-bond donors (Lipinski definition) is 1. The summed E-state index contributed by atoms with van der Waals surface area (Å²) in [6, 6.07) is 13.6. The number of alkyl halides is 1. The van der Waals surface area contributed by atoms with E-state index in [-0.39, 0.29) is 42.3 Å². The number of H-pyrrole nitrogens is 1. The molecule has 12 nitrogen and oxygen atoms in total. The largest absolute Gasteiger partial charge is 0.754 e. The predicted octanol–water partition coefficient (Wildman–Crippen LogP) is 5.34. The van der Waals surface area contributed by atoms with Gasteiger partial charge in [-0.05, 0) is 101 Å². The van der Waals surface area contributed by atoms with Gasteiger partial charge in [0.1, 0.15) is 23.2 Å². The van der Waals surface area contributed by atoms with E-state index in [9.17, 15) is 22.7 Å². The van der Waals surface area contributed by atoms with Gasteiger partial charge in [-0.25, -0.2) is 23.2 Å². The number of fused-ring (bicyclic) bond motifs is 1. The number of ether oxygens (including phenoxy) is 1. The van der Waals surface area contributed by atoms with E-state index >= 15 is 4.39 Å². The first kappa shape index (κ1) is 39.0. The number of anilines is 2. The number of pyridine rings is 1. The van der Waals surface area contributed by atoms with Crippen LogP contribution < -0.4 is 9.31 Å². The number of likely N-dealkylation sites (tertiary alicyclic amines) is 1. The third-order valence-corrected chi connectivity index (χ3v) is 11.4. The molecule has 0 aliphatic carbocycles. The molecule has 55 heavy (non-hydrogen) atoms. The van der Waals surface area contributed by atoms with Crippen LogP contribution in [0.15, 0.2) is 60.9 Å². The summed E-state index contributed by atoms with van der Waals surface area (Å²) in [5.41, 5.74) is 2.75. The van der Waals surface area contributed by atoms with Gasteiger partial charge in [-0.3, -0.25) is 23.6 Å². The highest BCUT2D eigenvalue weighted by Gasteiger charge is 2.30. The van der Waals surface area contributed by atoms with E-state index < -0.39 is 34.6 Å². The molecule has 3 aliphatic rings. The van der Waals surface area contributed by atoms with Gasteiger partial charge >= 0.3 is 5.97 Å². The summed E-state index contributed by atoms with van der Waals surface area (Å²) in [4.78, 5) is 40.7. The van der Waals surface area contributed by atoms with Gasteiger partial charge in [-0.2, -0.15) is 0 Å². The van der Waals surface area contributed by atoms with Crippen LogP contribution in [0.25, 0.3) is 22.2 Å². The fourth-order valence-corrected chi connectivity index (χ4v) is 8.43. The van der Waals surface area contributed by atoms with Gasteiger partial charge in [0.15, 0.2) is 5.78 Å². The summed E-state index contributed by atoms with van der Waals surface area (Å²) in [5, 5.41) is 1.83. The topological polar surface area (TPSA) is 128 Å². The first-order chi connectivity index (χ1) is 26.3. The maximum absolute atomic E-state index is 15.2. The lowest BCUT2D eigenvalue weighted by atomic mass is 9.96. The summed E-state index contributed by atoms with van der Waals surface area (Å²) in [7, 11) is 0. The van der Waals surface area contributed by atoms with Crippen LogP contribution in [0, 0.1) is 11.7 Å². The number of carbonyl (C=O) groups excluding carboxylic acids is 2. The van der Waals surface area contributed by atoms with Gasteiger partial charge < -0.3 is 19.2 Å². The van der Waals surface area contributed by atoms with Crippen LogP contribution >= 0.6 is 0 Å². The van der Waals surface area contributed by atoms with Crippen molar-refractivity contribution >= 4 is 45.4 Å². The van der Waals surface area contributed by atoms with Crippen molar-refractivity contribution in [1.29, 1.82) is 0 Å². The molecule has 1 unspecified atom stereocenters. The molecule has 0 saturated carbocycles. The Balaban J connectivity index is 0.964. The molecule has 2 atom stereocenters. The molecule has 0 radical (unpaired) electrons. The second-order valence-corrected chi connectivity index (χ2v) is 16.5. The molecule has 3 fully saturated rings. The number of piperidine rings is 1. The fraction of sp³-hybridized carbons (Fsp3) is 0.475. The minimum Gasteiger partial charge on any atom is -0.754 e. The maximum Gasteiger partial charge on any atom is 0.320 e. The van der Waals surface area contributed by atoms with Crippen molar-refractivity contribution < 1.29 is 31.9 Å². The molecule has 2 aromatic carbocycles. The first-order valence-corrected chi connectivity index (χ1v) is 20.0. The highest BCUT2D eigenvalue weighted by molar-refractivity contribution is 7.80. The number of piperazine rings is 1. The smallest absolute Gasteiger partial charge is 0.320 e. The number of hydrogen-bond acceptors (Lipinski definition) is 10. The molecule has 5 heterocycles. The average molecular weight is 777 g/mol. The van der Waals surface area contributed by atoms with Crippen molar-refractivity contribution in [3.63, 3.8) is 0 Å². The monoisotopic (exact) mass is 776 g/mol. The minimum atomic E-state index is -2.81. The van der Waals surface area contributed by atoms with Gasteiger partial charge in [-0.1, -0.05) is 12.1 Å². The van der Waals surface area contributed by atoms with Crippen LogP contribution in [0.3, 0.4) is 0 Å². The Morgan fingerprint density at radius 2 is 1.67 bits per heavy atom. The lowest BCUT2D eigenvalue weighted by Gasteiger charge is -2.39. The van der Waals surface area contributed by atoms with Crippen molar-refractivity contribution in [2.24, 2.45) is 5.92 Å². The predicted molar refractivity (Wildman–Crippen MR) is 208 cm³/mol. The number of nitrogens with one attached hydrogen (secondary N) is 1. The van der Waals surface area contributed by atoms with E-state index in [0.717, 1.165) is 85.9 Å². The molecule has 0 spiro atoms. The second kappa shape index (κ2) is 16.4. The van der Waals surface area contributed by atoms with Crippen LogP contribution in [-0.4, -0.2) is 123 Å². The van der Waals surface area contributed by atoms with E-state index in [1.807, 2.05) is 39.0 Å². The lowest BCUT2D eigenvalue weighted by molar-refractivity contribution is -0.156. The highest BCUT2D eigenvalue weighted by Crippen LogP contribution is 2.31. The Kier molecular flexibility index (Phi) is 11.7. The molecule has 3 aliphatic heterocycles. The number of esters is 1. The third-order valence-electron chi connectivity index (χ3n) is 10.6. The van der Waals surface area contributed by atoms with Gasteiger partial charge in [0.05, 0.1) is 35.6 Å². The van der Waals surface area contributed by atoms with Crippen molar-refractivity contribution in [1.82, 2.24) is 24.8 Å². The van der Waals surface area contributed by atoms with Gasteiger partial charge in [0, 0.05) is 73.9 Å². The van der Waals surface area contributed by atoms with Crippen molar-refractivity contribution in [2.45, 2.75) is 51.8 Å². The number of aromatic amines is 1. The third kappa shape index (κ3) is 9.24. The van der Waals surface area contributed by atoms with E-state index in [2.05, 4.69) is 36.8 Å². The van der Waals surface area contributed by atoms with Gasteiger partial charge in [-0.15, -0.1) is 0 Å². The van der Waals surface area contributed by atoms with Crippen molar-refractivity contribution in [3.8, 4) is 11.1 Å². The number of halogens is 2. The molecule has 2 aromatic heterocycles. The summed E-state index contributed by atoms with van der Waals surface area (Å²) in [6.07, 6.45) is 4.36. The summed E-state index contributed by atoms with van der Waals surface area (Å²) >= 11 is -2.81. The molecule has 3 saturated heterocycles. The Morgan fingerprint density at radius 3 is 2.33 bits per heavy atom. The zero-order valence-electron chi connectivity index (χ0n) is 31.5. The molecule has 7 rings (SSSR count). The second-order valence-electron chi connectivity index (χ2n) is 15.7. The number of carbonyl (C=O) groups is 2. The zero-order chi connectivity index (χ0) is 38.9. The Morgan fingerprint density at radius 1 is 0.945 bits per heavy atom. The number of benzene rings is 2. The van der Waals surface area contributed by atoms with Crippen LogP contribution in [0.2, 0.25) is 0 Å². The van der Waals surface area contributed by atoms with E-state index in [0.29, 0.717) is 23.5 Å². The molecule has 294 valence electrons. The van der Waals surface area contributed by atoms with Crippen LogP contribution in [0.4, 0.5) is 20.2 Å². The lowest BCUT2D eigenvalue weighted by Crippen LogP contribution is -2.49. The van der Waals surface area contributed by atoms with E-state index in [4.69, 9.17) is 4.74 Å². The van der Waals surface area contributed by atoms with Crippen LogP contribution in [0.1, 0.15) is 56.0 Å². The Hall–Kier alpha value is -4.28. The molecule has 4 aromatic rings. The summed E-state index contributed by atoms with van der Waals surface area (Å²) < 4.78 is 59.7. The maximum atomic E-state index is 15.2. The SMILES string of the molecule is CC(C)(C)OC(=O)CN1CCC(CN2CCN(c3ccc(-c4cnc5[nH]cc(C(=O)c6cc(N(N7CC[C@@H](F)C7)S(=O)[O-])ccc6F)c5c4)cc3)CC2)CC1. The summed E-state index contributed by atoms with van der Waals surface area (Å²) in [5.74, 6) is -0.970. The van der Waals surface area contributed by atoms with Gasteiger partial charge in [0.25, 0.3) is 0 Å². The Labute approximate surface area is 322 Å². The number of ketones is 1. The zero-order valence-corrected chi connectivity index (χ0v) is 32.3. The number of rotatable bonds is 11. The molecular formula is C40H48F2N7O5S-. The molecule has 0 bridgehead atoms. The first-order valence-electron chi connectivity index (χ1n) is 18.9. The minimum absolute atomic E-state index is 0.0430. The highest BCUT2D eigenvalue weighted by atomic mass is 32.2. The quantitative estimate of drug-likeness (QED) is 0.121. The fourth-order valence-electron chi connectivity index (χ4n) is 7.81. The molecule has 1 N–H and O–H groups in total. The molecule has 0 amide bonds. The average Bonchev–Trinajstić information content (AvgIpc) is 3.78.